The fourth-order valence-corrected chi connectivity index (χ4v) is 2.21. The van der Waals surface area contributed by atoms with Crippen molar-refractivity contribution in [1.29, 1.82) is 5.26 Å². The minimum absolute atomic E-state index is 0.286. The molecule has 0 bridgehead atoms. The van der Waals surface area contributed by atoms with E-state index in [0.29, 0.717) is 0 Å². The molecule has 2 aliphatic rings. The van der Waals surface area contributed by atoms with Crippen LogP contribution >= 0.6 is 0 Å². The second-order valence-corrected chi connectivity index (χ2v) is 4.23. The van der Waals surface area contributed by atoms with E-state index in [2.05, 4.69) is 24.8 Å². The molecule has 0 unspecified atom stereocenters. The number of rotatable bonds is 0. The third-order valence-corrected chi connectivity index (χ3v) is 3.31. The standard InChI is InChI=1S/C11H15N3/c1-7-3-10-11(13)9(4-12)6-14(10)5-8(7)2/h10H,3,5-6,13H2,1-2H3/t10-/m1/s1. The smallest absolute Gasteiger partial charge is 0.0979 e. The SMILES string of the molecule is CC1=C(C)CN2CC(C#N)=C(N)[C@H]2C1. The van der Waals surface area contributed by atoms with Crippen LogP contribution in [0.15, 0.2) is 22.4 Å². The number of nitrogens with zero attached hydrogens (tertiary/aromatic N) is 2. The van der Waals surface area contributed by atoms with E-state index in [1.807, 2.05) is 0 Å². The van der Waals surface area contributed by atoms with Crippen LogP contribution in [0.2, 0.25) is 0 Å². The van der Waals surface area contributed by atoms with Gasteiger partial charge in [-0.3, -0.25) is 4.90 Å². The highest BCUT2D eigenvalue weighted by Gasteiger charge is 2.33. The molecule has 2 heterocycles. The third-order valence-electron chi connectivity index (χ3n) is 3.31. The van der Waals surface area contributed by atoms with Gasteiger partial charge in [0.1, 0.15) is 0 Å². The zero-order chi connectivity index (χ0) is 10.3. The topological polar surface area (TPSA) is 53.0 Å². The minimum atomic E-state index is 0.286. The summed E-state index contributed by atoms with van der Waals surface area (Å²) in [4.78, 5) is 2.29. The average molecular weight is 189 g/mol. The maximum absolute atomic E-state index is 8.89. The Morgan fingerprint density at radius 2 is 2.07 bits per heavy atom. The Labute approximate surface area is 84.5 Å². The Kier molecular flexibility index (Phi) is 2.09. The minimum Gasteiger partial charge on any atom is -0.400 e. The predicted molar refractivity (Wildman–Crippen MR) is 55.2 cm³/mol. The summed E-state index contributed by atoms with van der Waals surface area (Å²) in [6, 6.07) is 2.48. The molecule has 0 spiro atoms. The lowest BCUT2D eigenvalue weighted by atomic mass is 9.96. The van der Waals surface area contributed by atoms with Crippen LogP contribution in [0.1, 0.15) is 20.3 Å². The van der Waals surface area contributed by atoms with Gasteiger partial charge in [-0.25, -0.2) is 0 Å². The van der Waals surface area contributed by atoms with E-state index in [1.165, 1.54) is 11.1 Å². The molecular formula is C11H15N3. The number of nitrogens with two attached hydrogens (primary N) is 1. The first-order valence-electron chi connectivity index (χ1n) is 4.91. The Bertz CT molecular complexity index is 370. The fraction of sp³-hybridized carbons (Fsp3) is 0.545. The largest absolute Gasteiger partial charge is 0.400 e. The monoisotopic (exact) mass is 189 g/mol. The van der Waals surface area contributed by atoms with Crippen molar-refractivity contribution in [2.45, 2.75) is 26.3 Å². The van der Waals surface area contributed by atoms with Crippen molar-refractivity contribution >= 4 is 0 Å². The molecule has 0 saturated heterocycles. The van der Waals surface area contributed by atoms with Gasteiger partial charge < -0.3 is 5.73 Å². The number of nitriles is 1. The molecule has 0 aliphatic carbocycles. The van der Waals surface area contributed by atoms with E-state index in [0.717, 1.165) is 30.8 Å². The molecule has 0 saturated carbocycles. The summed E-state index contributed by atoms with van der Waals surface area (Å²) in [7, 11) is 0. The number of hydrogen-bond acceptors (Lipinski definition) is 3. The Morgan fingerprint density at radius 3 is 2.71 bits per heavy atom. The molecular weight excluding hydrogens is 174 g/mol. The van der Waals surface area contributed by atoms with E-state index in [9.17, 15) is 0 Å². The molecule has 0 fully saturated rings. The van der Waals surface area contributed by atoms with Gasteiger partial charge in [0.2, 0.25) is 0 Å². The lowest BCUT2D eigenvalue weighted by molar-refractivity contribution is 0.266. The molecule has 0 amide bonds. The molecule has 0 radical (unpaired) electrons. The number of hydrogen-bond donors (Lipinski definition) is 1. The molecule has 3 nitrogen and oxygen atoms in total. The normalized spacial score (nSPS) is 27.9. The molecule has 3 heteroatoms. The molecule has 2 rings (SSSR count). The lowest BCUT2D eigenvalue weighted by Crippen LogP contribution is -2.38. The maximum atomic E-state index is 8.89. The van der Waals surface area contributed by atoms with Gasteiger partial charge in [0.25, 0.3) is 0 Å². The first kappa shape index (κ1) is 9.29. The van der Waals surface area contributed by atoms with Crippen LogP contribution in [0.4, 0.5) is 0 Å². The van der Waals surface area contributed by atoms with Crippen molar-refractivity contribution in [1.82, 2.24) is 4.90 Å². The van der Waals surface area contributed by atoms with Gasteiger partial charge in [-0.05, 0) is 20.3 Å². The zero-order valence-corrected chi connectivity index (χ0v) is 8.67. The van der Waals surface area contributed by atoms with Crippen molar-refractivity contribution in [2.75, 3.05) is 13.1 Å². The van der Waals surface area contributed by atoms with Crippen molar-refractivity contribution in [2.24, 2.45) is 5.73 Å². The molecule has 0 aromatic heterocycles. The van der Waals surface area contributed by atoms with E-state index < -0.39 is 0 Å². The number of fused-ring (bicyclic) bond motifs is 1. The van der Waals surface area contributed by atoms with Gasteiger partial charge in [-0.2, -0.15) is 5.26 Å². The van der Waals surface area contributed by atoms with Crippen LogP contribution < -0.4 is 5.73 Å². The molecule has 14 heavy (non-hydrogen) atoms. The fourth-order valence-electron chi connectivity index (χ4n) is 2.21. The Morgan fingerprint density at radius 1 is 1.36 bits per heavy atom. The molecule has 74 valence electrons. The van der Waals surface area contributed by atoms with Crippen molar-refractivity contribution < 1.29 is 0 Å². The molecule has 1 atom stereocenters. The molecule has 0 aromatic carbocycles. The second-order valence-electron chi connectivity index (χ2n) is 4.23. The van der Waals surface area contributed by atoms with Crippen molar-refractivity contribution in [3.63, 3.8) is 0 Å². The van der Waals surface area contributed by atoms with Crippen LogP contribution in [0, 0.1) is 11.3 Å². The van der Waals surface area contributed by atoms with Gasteiger partial charge in [0.15, 0.2) is 0 Å². The quantitative estimate of drug-likeness (QED) is 0.581. The summed E-state index contributed by atoms with van der Waals surface area (Å²) < 4.78 is 0. The summed E-state index contributed by atoms with van der Waals surface area (Å²) in [5, 5.41) is 8.89. The Balaban J connectivity index is 2.28. The lowest BCUT2D eigenvalue weighted by Gasteiger charge is -2.31. The van der Waals surface area contributed by atoms with E-state index >= 15 is 0 Å². The van der Waals surface area contributed by atoms with Crippen LogP contribution in [-0.4, -0.2) is 24.0 Å². The van der Waals surface area contributed by atoms with Gasteiger partial charge in [-0.15, -0.1) is 0 Å². The third kappa shape index (κ3) is 1.23. The first-order chi connectivity index (χ1) is 6.63. The highest BCUT2D eigenvalue weighted by atomic mass is 15.2. The van der Waals surface area contributed by atoms with E-state index in [4.69, 9.17) is 11.0 Å². The molecule has 0 aromatic rings. The van der Waals surface area contributed by atoms with Crippen molar-refractivity contribution in [3.05, 3.63) is 22.4 Å². The van der Waals surface area contributed by atoms with Crippen LogP contribution in [0.3, 0.4) is 0 Å². The van der Waals surface area contributed by atoms with E-state index in [-0.39, 0.29) is 6.04 Å². The Hall–Kier alpha value is -1.27. The molecule has 2 aliphatic heterocycles. The zero-order valence-electron chi connectivity index (χ0n) is 8.67. The summed E-state index contributed by atoms with van der Waals surface area (Å²) in [5.41, 5.74) is 10.3. The summed E-state index contributed by atoms with van der Waals surface area (Å²) in [6.07, 6.45) is 0.989. The average Bonchev–Trinajstić information content (AvgIpc) is 2.45. The van der Waals surface area contributed by atoms with Gasteiger partial charge >= 0.3 is 0 Å². The summed E-state index contributed by atoms with van der Waals surface area (Å²) in [6.45, 7) is 6.01. The molecule has 2 N–H and O–H groups in total. The van der Waals surface area contributed by atoms with Crippen LogP contribution in [0.5, 0.6) is 0 Å². The van der Waals surface area contributed by atoms with Gasteiger partial charge in [-0.1, -0.05) is 11.1 Å². The highest BCUT2D eigenvalue weighted by molar-refractivity contribution is 5.38. The predicted octanol–water partition coefficient (Wildman–Crippen LogP) is 1.15. The summed E-state index contributed by atoms with van der Waals surface area (Å²) >= 11 is 0. The summed E-state index contributed by atoms with van der Waals surface area (Å²) in [5.74, 6) is 0. The van der Waals surface area contributed by atoms with Gasteiger partial charge in [0, 0.05) is 18.8 Å². The van der Waals surface area contributed by atoms with Gasteiger partial charge in [0.05, 0.1) is 17.7 Å². The second kappa shape index (κ2) is 3.14. The van der Waals surface area contributed by atoms with E-state index in [1.54, 1.807) is 0 Å². The van der Waals surface area contributed by atoms with Crippen molar-refractivity contribution in [3.8, 4) is 6.07 Å². The first-order valence-corrected chi connectivity index (χ1v) is 4.91. The van der Waals surface area contributed by atoms with Crippen LogP contribution in [0.25, 0.3) is 0 Å². The highest BCUT2D eigenvalue weighted by Crippen LogP contribution is 2.31. The maximum Gasteiger partial charge on any atom is 0.0979 e. The van der Waals surface area contributed by atoms with Crippen LogP contribution in [-0.2, 0) is 0 Å².